The lowest BCUT2D eigenvalue weighted by Crippen LogP contribution is -2.27. The van der Waals surface area contributed by atoms with Crippen LogP contribution in [0.1, 0.15) is 13.8 Å². The second-order valence-corrected chi connectivity index (χ2v) is 7.00. The van der Waals surface area contributed by atoms with Crippen LogP contribution in [-0.4, -0.2) is 13.2 Å². The molecule has 0 bridgehead atoms. The Morgan fingerprint density at radius 3 is 2.30 bits per heavy atom. The summed E-state index contributed by atoms with van der Waals surface area (Å²) in [6.45, 7) is 5.82. The van der Waals surface area contributed by atoms with Crippen LogP contribution in [0.4, 0.5) is 0 Å². The fourth-order valence-electron chi connectivity index (χ4n) is 0.581. The maximum atomic E-state index is 5.37. The van der Waals surface area contributed by atoms with Gasteiger partial charge in [-0.3, -0.25) is 0 Å². The molecule has 1 saturated heterocycles. The van der Waals surface area contributed by atoms with Crippen molar-refractivity contribution < 1.29 is 9.05 Å². The predicted molar refractivity (Wildman–Crippen MR) is 49.2 cm³/mol. The molecule has 1 aliphatic rings. The van der Waals surface area contributed by atoms with Gasteiger partial charge in [0, 0.05) is 5.41 Å². The van der Waals surface area contributed by atoms with Crippen molar-refractivity contribution in [1.82, 2.24) is 0 Å². The summed E-state index contributed by atoms with van der Waals surface area (Å²) in [5, 5.41) is 0. The first-order chi connectivity index (χ1) is 4.64. The normalized spacial score (nSPS) is 26.7. The number of hydrogen-bond acceptors (Lipinski definition) is 4. The van der Waals surface area contributed by atoms with E-state index in [1.807, 2.05) is 0 Å². The third kappa shape index (κ3) is 2.59. The standard InChI is InChI=1S/C5H11O2PS2/c1-5(2)3-6-8(10-9)7-4-5/h9H,3-4H2,1-2H3. The van der Waals surface area contributed by atoms with Gasteiger partial charge in [0.1, 0.15) is 0 Å². The van der Waals surface area contributed by atoms with Crippen molar-refractivity contribution in [3.05, 3.63) is 0 Å². The molecule has 0 aliphatic carbocycles. The molecule has 0 unspecified atom stereocenters. The van der Waals surface area contributed by atoms with E-state index in [0.717, 1.165) is 13.2 Å². The molecular formula is C5H11O2PS2. The molecule has 2 nitrogen and oxygen atoms in total. The van der Waals surface area contributed by atoms with Crippen LogP contribution in [0.15, 0.2) is 0 Å². The van der Waals surface area contributed by atoms with E-state index in [2.05, 4.69) is 25.5 Å². The van der Waals surface area contributed by atoms with Gasteiger partial charge < -0.3 is 9.05 Å². The van der Waals surface area contributed by atoms with Crippen LogP contribution in [0.3, 0.4) is 0 Å². The zero-order valence-corrected chi connectivity index (χ0v) is 8.64. The average Bonchev–Trinajstić information content (AvgIpc) is 1.88. The van der Waals surface area contributed by atoms with Gasteiger partial charge in [-0.25, -0.2) is 0 Å². The topological polar surface area (TPSA) is 18.5 Å². The fraction of sp³-hybridized carbons (Fsp3) is 1.00. The Morgan fingerprint density at radius 1 is 1.40 bits per heavy atom. The van der Waals surface area contributed by atoms with Gasteiger partial charge in [-0.05, 0) is 10.4 Å². The first-order valence-corrected chi connectivity index (χ1v) is 6.67. The van der Waals surface area contributed by atoms with Gasteiger partial charge in [0.25, 0.3) is 0 Å². The maximum Gasteiger partial charge on any atom is 0.249 e. The van der Waals surface area contributed by atoms with Crippen LogP contribution in [-0.2, 0) is 9.05 Å². The summed E-state index contributed by atoms with van der Waals surface area (Å²) < 4.78 is 10.7. The van der Waals surface area contributed by atoms with Gasteiger partial charge in [0.05, 0.1) is 13.2 Å². The third-order valence-corrected chi connectivity index (χ3v) is 4.23. The molecule has 10 heavy (non-hydrogen) atoms. The van der Waals surface area contributed by atoms with Crippen molar-refractivity contribution in [3.8, 4) is 0 Å². The molecule has 1 aliphatic heterocycles. The van der Waals surface area contributed by atoms with Crippen molar-refractivity contribution in [2.75, 3.05) is 13.2 Å². The second kappa shape index (κ2) is 3.63. The van der Waals surface area contributed by atoms with Gasteiger partial charge in [0.15, 0.2) is 0 Å². The molecule has 5 heteroatoms. The zero-order valence-electron chi connectivity index (χ0n) is 6.03. The molecule has 0 aromatic rings. The third-order valence-electron chi connectivity index (χ3n) is 1.19. The smallest absolute Gasteiger partial charge is 0.249 e. The van der Waals surface area contributed by atoms with Gasteiger partial charge in [-0.15, -0.1) is 11.7 Å². The minimum Gasteiger partial charge on any atom is -0.325 e. The monoisotopic (exact) mass is 198 g/mol. The van der Waals surface area contributed by atoms with E-state index in [-0.39, 0.29) is 5.41 Å². The predicted octanol–water partition coefficient (Wildman–Crippen LogP) is 2.86. The molecule has 1 heterocycles. The average molecular weight is 198 g/mol. The van der Waals surface area contributed by atoms with Crippen LogP contribution in [0.5, 0.6) is 0 Å². The highest BCUT2D eigenvalue weighted by Gasteiger charge is 2.28. The van der Waals surface area contributed by atoms with Crippen molar-refractivity contribution in [1.29, 1.82) is 0 Å². The largest absolute Gasteiger partial charge is 0.325 e. The summed E-state index contributed by atoms with van der Waals surface area (Å²) in [5.74, 6) is 0. The van der Waals surface area contributed by atoms with Gasteiger partial charge in [-0.1, -0.05) is 13.8 Å². The zero-order chi connectivity index (χ0) is 7.61. The Hall–Kier alpha value is 1.05. The molecule has 1 fully saturated rings. The number of rotatable bonds is 1. The molecule has 0 radical (unpaired) electrons. The van der Waals surface area contributed by atoms with Crippen molar-refractivity contribution in [3.63, 3.8) is 0 Å². The molecule has 0 spiro atoms. The van der Waals surface area contributed by atoms with Crippen molar-refractivity contribution >= 4 is 29.7 Å². The summed E-state index contributed by atoms with van der Waals surface area (Å²) in [4.78, 5) is 0. The Balaban J connectivity index is 2.31. The Labute approximate surface area is 71.5 Å². The molecule has 0 aromatic carbocycles. The summed E-state index contributed by atoms with van der Waals surface area (Å²) in [6.07, 6.45) is 0. The first-order valence-electron chi connectivity index (χ1n) is 3.01. The fourth-order valence-corrected chi connectivity index (χ4v) is 3.11. The molecule has 0 aromatic heterocycles. The van der Waals surface area contributed by atoms with E-state index in [1.165, 1.54) is 10.4 Å². The molecule has 0 N–H and O–H groups in total. The van der Waals surface area contributed by atoms with Crippen LogP contribution >= 0.6 is 29.7 Å². The molecule has 1 rings (SSSR count). The first kappa shape index (κ1) is 9.14. The van der Waals surface area contributed by atoms with Gasteiger partial charge in [0.2, 0.25) is 7.58 Å². The Kier molecular flexibility index (Phi) is 3.32. The Morgan fingerprint density at radius 2 is 1.90 bits per heavy atom. The Bertz CT molecular complexity index is 110. The molecule has 0 amide bonds. The van der Waals surface area contributed by atoms with Crippen LogP contribution < -0.4 is 0 Å². The highest BCUT2D eigenvalue weighted by atomic mass is 33.3. The summed E-state index contributed by atoms with van der Waals surface area (Å²) in [5.41, 5.74) is 0.183. The minimum absolute atomic E-state index is 0.183. The maximum absolute atomic E-state index is 5.37. The quantitative estimate of drug-likeness (QED) is 0.397. The molecule has 60 valence electrons. The lowest BCUT2D eigenvalue weighted by molar-refractivity contribution is 0.0687. The highest BCUT2D eigenvalue weighted by Crippen LogP contribution is 2.57. The molecule has 0 saturated carbocycles. The number of thiol groups is 1. The highest BCUT2D eigenvalue weighted by molar-refractivity contribution is 8.92. The minimum atomic E-state index is -0.747. The summed E-state index contributed by atoms with van der Waals surface area (Å²) >= 11 is 4.02. The van der Waals surface area contributed by atoms with Crippen molar-refractivity contribution in [2.45, 2.75) is 13.8 Å². The van der Waals surface area contributed by atoms with E-state index in [0.29, 0.717) is 0 Å². The number of hydrogen-bond donors (Lipinski definition) is 1. The van der Waals surface area contributed by atoms with Crippen molar-refractivity contribution in [2.24, 2.45) is 5.41 Å². The van der Waals surface area contributed by atoms with E-state index < -0.39 is 7.58 Å². The van der Waals surface area contributed by atoms with Crippen LogP contribution in [0.2, 0.25) is 0 Å². The summed E-state index contributed by atoms with van der Waals surface area (Å²) in [6, 6.07) is 0. The second-order valence-electron chi connectivity index (χ2n) is 3.02. The van der Waals surface area contributed by atoms with Gasteiger partial charge >= 0.3 is 0 Å². The van der Waals surface area contributed by atoms with E-state index in [9.17, 15) is 0 Å². The lowest BCUT2D eigenvalue weighted by atomic mass is 9.97. The lowest BCUT2D eigenvalue weighted by Gasteiger charge is -2.32. The molecular weight excluding hydrogens is 187 g/mol. The summed E-state index contributed by atoms with van der Waals surface area (Å²) in [7, 11) is 0.614. The van der Waals surface area contributed by atoms with Crippen LogP contribution in [0, 0.1) is 5.41 Å². The van der Waals surface area contributed by atoms with E-state index in [1.54, 1.807) is 0 Å². The van der Waals surface area contributed by atoms with E-state index >= 15 is 0 Å². The molecule has 0 atom stereocenters. The van der Waals surface area contributed by atoms with E-state index in [4.69, 9.17) is 9.05 Å². The van der Waals surface area contributed by atoms with Crippen LogP contribution in [0.25, 0.3) is 0 Å². The SMILES string of the molecule is CC1(C)COP(SS)OC1. The van der Waals surface area contributed by atoms with Gasteiger partial charge in [-0.2, -0.15) is 0 Å².